The number of aryl methyl sites for hydroxylation is 1. The first-order chi connectivity index (χ1) is 16.8. The lowest BCUT2D eigenvalue weighted by molar-refractivity contribution is -0.120. The Bertz CT molecular complexity index is 1510. The first-order valence-electron chi connectivity index (χ1n) is 11.1. The number of halogens is 2. The molecule has 1 aliphatic rings. The molecule has 0 radical (unpaired) electrons. The summed E-state index contributed by atoms with van der Waals surface area (Å²) in [6, 6.07) is 23.6. The van der Waals surface area contributed by atoms with Crippen molar-refractivity contribution < 1.29 is 4.79 Å². The maximum Gasteiger partial charge on any atom is 0.275 e. The number of hydrazone groups is 1. The van der Waals surface area contributed by atoms with Gasteiger partial charge in [-0.1, -0.05) is 65.7 Å². The third-order valence-corrected chi connectivity index (χ3v) is 6.69. The summed E-state index contributed by atoms with van der Waals surface area (Å²) in [6.45, 7) is 3.66. The van der Waals surface area contributed by atoms with Crippen molar-refractivity contribution >= 4 is 40.5 Å². The summed E-state index contributed by atoms with van der Waals surface area (Å²) in [5.74, 6) is -1.42. The van der Waals surface area contributed by atoms with Crippen LogP contribution in [0.15, 0.2) is 88.8 Å². The van der Waals surface area contributed by atoms with Crippen LogP contribution in [0.25, 0.3) is 5.69 Å². The Labute approximate surface area is 212 Å². The number of hydrogen-bond donors (Lipinski definition) is 1. The molecule has 1 N–H and O–H groups in total. The number of anilines is 1. The van der Waals surface area contributed by atoms with Crippen molar-refractivity contribution in [1.29, 1.82) is 0 Å². The van der Waals surface area contributed by atoms with Gasteiger partial charge in [0, 0.05) is 32.9 Å². The minimum Gasteiger partial charge on any atom is -0.295 e. The Kier molecular flexibility index (Phi) is 6.09. The average molecular weight is 505 g/mol. The number of aromatic amines is 1. The number of benzene rings is 3. The van der Waals surface area contributed by atoms with E-state index < -0.39 is 11.8 Å². The van der Waals surface area contributed by atoms with Gasteiger partial charge in [-0.15, -0.1) is 0 Å². The molecule has 2 heterocycles. The molecule has 0 saturated heterocycles. The SMILES string of the molecule is CC1=NN(c2cccc(Cl)c2)C(=O)C1C(c1ccccc1)c1c(C)[nH]n(-c2cccc(Cl)c2)c1=O. The Morgan fingerprint density at radius 1 is 0.857 bits per heavy atom. The van der Waals surface area contributed by atoms with Crippen LogP contribution in [0.2, 0.25) is 10.0 Å². The van der Waals surface area contributed by atoms with Gasteiger partial charge < -0.3 is 0 Å². The smallest absolute Gasteiger partial charge is 0.275 e. The topological polar surface area (TPSA) is 70.5 Å². The van der Waals surface area contributed by atoms with Gasteiger partial charge in [-0.2, -0.15) is 5.10 Å². The van der Waals surface area contributed by atoms with Gasteiger partial charge in [0.05, 0.1) is 17.3 Å². The molecule has 35 heavy (non-hydrogen) atoms. The zero-order valence-corrected chi connectivity index (χ0v) is 20.6. The lowest BCUT2D eigenvalue weighted by Gasteiger charge is -2.23. The van der Waals surface area contributed by atoms with E-state index in [0.717, 1.165) is 5.56 Å². The molecule has 8 heteroatoms. The highest BCUT2D eigenvalue weighted by Gasteiger charge is 2.43. The third-order valence-electron chi connectivity index (χ3n) is 6.22. The van der Waals surface area contributed by atoms with Crippen LogP contribution in [-0.2, 0) is 4.79 Å². The molecule has 0 fully saturated rings. The minimum absolute atomic E-state index is 0.215. The largest absolute Gasteiger partial charge is 0.295 e. The van der Waals surface area contributed by atoms with E-state index in [1.165, 1.54) is 9.69 Å². The number of nitrogens with one attached hydrogen (secondary N) is 1. The summed E-state index contributed by atoms with van der Waals surface area (Å²) < 4.78 is 1.47. The lowest BCUT2D eigenvalue weighted by atomic mass is 9.78. The van der Waals surface area contributed by atoms with Crippen LogP contribution in [-0.4, -0.2) is 21.4 Å². The van der Waals surface area contributed by atoms with E-state index in [1.807, 2.05) is 44.2 Å². The molecule has 1 aliphatic heterocycles. The van der Waals surface area contributed by atoms with Crippen LogP contribution in [0.4, 0.5) is 5.69 Å². The van der Waals surface area contributed by atoms with E-state index >= 15 is 0 Å². The molecule has 4 aromatic rings. The number of carbonyl (C=O) groups is 1. The number of hydrogen-bond acceptors (Lipinski definition) is 3. The second-order valence-electron chi connectivity index (χ2n) is 8.51. The summed E-state index contributed by atoms with van der Waals surface area (Å²) in [7, 11) is 0. The second kappa shape index (κ2) is 9.21. The fourth-order valence-corrected chi connectivity index (χ4v) is 5.03. The first kappa shape index (κ1) is 23.1. The molecule has 6 nitrogen and oxygen atoms in total. The van der Waals surface area contributed by atoms with Crippen molar-refractivity contribution in [3.8, 4) is 5.69 Å². The molecule has 0 aliphatic carbocycles. The predicted octanol–water partition coefficient (Wildman–Crippen LogP) is 5.95. The number of carbonyl (C=O) groups excluding carboxylic acids is 1. The number of amides is 1. The molecule has 0 bridgehead atoms. The summed E-state index contributed by atoms with van der Waals surface area (Å²) in [4.78, 5) is 27.6. The maximum atomic E-state index is 13.8. The van der Waals surface area contributed by atoms with Gasteiger partial charge in [0.2, 0.25) is 0 Å². The van der Waals surface area contributed by atoms with Crippen LogP contribution in [0.1, 0.15) is 29.7 Å². The average Bonchev–Trinajstić information content (AvgIpc) is 3.30. The Hall–Kier alpha value is -3.61. The summed E-state index contributed by atoms with van der Waals surface area (Å²) in [5.41, 5.74) is 3.62. The van der Waals surface area contributed by atoms with Crippen LogP contribution in [0, 0.1) is 12.8 Å². The Morgan fingerprint density at radius 2 is 1.49 bits per heavy atom. The van der Waals surface area contributed by atoms with E-state index in [0.29, 0.717) is 38.4 Å². The molecule has 0 saturated carbocycles. The van der Waals surface area contributed by atoms with Crippen LogP contribution >= 0.6 is 23.2 Å². The van der Waals surface area contributed by atoms with Crippen LogP contribution in [0.3, 0.4) is 0 Å². The van der Waals surface area contributed by atoms with Gasteiger partial charge in [0.25, 0.3) is 11.5 Å². The molecular formula is C27H22Cl2N4O2. The number of aromatic nitrogens is 2. The highest BCUT2D eigenvalue weighted by Crippen LogP contribution is 2.38. The highest BCUT2D eigenvalue weighted by atomic mass is 35.5. The summed E-state index contributed by atoms with van der Waals surface area (Å²) in [5, 5.41) is 10.2. The molecule has 0 spiro atoms. The van der Waals surface area contributed by atoms with E-state index in [9.17, 15) is 9.59 Å². The molecule has 176 valence electrons. The van der Waals surface area contributed by atoms with E-state index in [4.69, 9.17) is 23.2 Å². The monoisotopic (exact) mass is 504 g/mol. The maximum absolute atomic E-state index is 13.8. The minimum atomic E-state index is -0.661. The molecule has 3 aromatic carbocycles. The number of rotatable bonds is 5. The third kappa shape index (κ3) is 4.20. The lowest BCUT2D eigenvalue weighted by Crippen LogP contribution is -2.34. The van der Waals surface area contributed by atoms with E-state index in [-0.39, 0.29) is 11.5 Å². The number of H-pyrrole nitrogens is 1. The summed E-state index contributed by atoms with van der Waals surface area (Å²) >= 11 is 12.3. The fourth-order valence-electron chi connectivity index (χ4n) is 4.67. The molecule has 1 aromatic heterocycles. The Balaban J connectivity index is 1.65. The fraction of sp³-hybridized carbons (Fsp3) is 0.148. The van der Waals surface area contributed by atoms with Crippen LogP contribution < -0.4 is 10.6 Å². The van der Waals surface area contributed by atoms with E-state index in [2.05, 4.69) is 10.2 Å². The molecule has 5 rings (SSSR count). The van der Waals surface area contributed by atoms with E-state index in [1.54, 1.807) is 48.5 Å². The second-order valence-corrected chi connectivity index (χ2v) is 9.38. The predicted molar refractivity (Wildman–Crippen MR) is 140 cm³/mol. The normalized spacial score (nSPS) is 16.5. The van der Waals surface area contributed by atoms with Gasteiger partial charge in [-0.05, 0) is 55.8 Å². The number of nitrogens with zero attached hydrogens (tertiary/aromatic N) is 3. The molecule has 2 unspecified atom stereocenters. The quantitative estimate of drug-likeness (QED) is 0.364. The van der Waals surface area contributed by atoms with Gasteiger partial charge in [0.1, 0.15) is 0 Å². The molecular weight excluding hydrogens is 483 g/mol. The highest BCUT2D eigenvalue weighted by molar-refractivity contribution is 6.31. The van der Waals surface area contributed by atoms with Crippen LogP contribution in [0.5, 0.6) is 0 Å². The standard InChI is InChI=1S/C27H22Cl2N4O2/c1-16-23(26(34)32(30-16)21-12-6-10-19(28)14-21)25(18-8-4-3-5-9-18)24-17(2)31-33(27(24)35)22-13-7-11-20(29)15-22/h3-15,23,25,31H,1-2H3. The zero-order chi connectivity index (χ0) is 24.7. The van der Waals surface area contributed by atoms with Gasteiger partial charge in [-0.3, -0.25) is 14.7 Å². The van der Waals surface area contributed by atoms with Crippen molar-refractivity contribution in [2.45, 2.75) is 19.8 Å². The zero-order valence-electron chi connectivity index (χ0n) is 19.1. The van der Waals surface area contributed by atoms with Crippen molar-refractivity contribution in [2.24, 2.45) is 11.0 Å². The van der Waals surface area contributed by atoms with Gasteiger partial charge in [-0.25, -0.2) is 9.69 Å². The summed E-state index contributed by atoms with van der Waals surface area (Å²) in [6.07, 6.45) is 0. The van der Waals surface area contributed by atoms with Gasteiger partial charge in [0.15, 0.2) is 0 Å². The van der Waals surface area contributed by atoms with Crippen molar-refractivity contribution in [3.63, 3.8) is 0 Å². The first-order valence-corrected chi connectivity index (χ1v) is 11.9. The Morgan fingerprint density at radius 3 is 2.14 bits per heavy atom. The van der Waals surface area contributed by atoms with Crippen molar-refractivity contribution in [2.75, 3.05) is 5.01 Å². The van der Waals surface area contributed by atoms with Crippen molar-refractivity contribution in [1.82, 2.24) is 9.78 Å². The molecule has 1 amide bonds. The molecule has 2 atom stereocenters. The van der Waals surface area contributed by atoms with Crippen molar-refractivity contribution in [3.05, 3.63) is 116 Å². The van der Waals surface area contributed by atoms with Gasteiger partial charge >= 0.3 is 0 Å².